The first-order chi connectivity index (χ1) is 9.42. The van der Waals surface area contributed by atoms with Crippen LogP contribution in [0.5, 0.6) is 0 Å². The van der Waals surface area contributed by atoms with Crippen LogP contribution in [0.15, 0.2) is 5.38 Å². The molecule has 1 aromatic heterocycles. The summed E-state index contributed by atoms with van der Waals surface area (Å²) < 4.78 is 4.70. The Labute approximate surface area is 127 Å². The van der Waals surface area contributed by atoms with Gasteiger partial charge in [0.1, 0.15) is 4.88 Å². The van der Waals surface area contributed by atoms with E-state index in [1.165, 1.54) is 18.4 Å². The van der Waals surface area contributed by atoms with Crippen LogP contribution in [0.2, 0.25) is 0 Å². The number of anilines is 1. The van der Waals surface area contributed by atoms with Crippen LogP contribution in [0, 0.1) is 12.8 Å². The lowest BCUT2D eigenvalue weighted by molar-refractivity contribution is -0.118. The van der Waals surface area contributed by atoms with Crippen molar-refractivity contribution in [3.63, 3.8) is 0 Å². The van der Waals surface area contributed by atoms with Crippen molar-refractivity contribution in [2.75, 3.05) is 12.4 Å². The lowest BCUT2D eigenvalue weighted by atomic mass is 10.0. The third kappa shape index (κ3) is 3.77. The molecule has 1 amide bonds. The molecule has 0 fully saturated rings. The van der Waals surface area contributed by atoms with Gasteiger partial charge in [-0.05, 0) is 24.3 Å². The molecule has 1 atom stereocenters. The Morgan fingerprint density at radius 1 is 1.55 bits per heavy atom. The molecular formula is C13H18N2O3S2. The van der Waals surface area contributed by atoms with Crippen molar-refractivity contribution < 1.29 is 14.3 Å². The number of esters is 1. The third-order valence-electron chi connectivity index (χ3n) is 2.83. The highest BCUT2D eigenvalue weighted by atomic mass is 32.1. The topological polar surface area (TPSA) is 81.4 Å². The van der Waals surface area contributed by atoms with Crippen LogP contribution >= 0.6 is 23.6 Å². The zero-order valence-electron chi connectivity index (χ0n) is 11.7. The fourth-order valence-electron chi connectivity index (χ4n) is 1.74. The smallest absolute Gasteiger partial charge is 0.350 e. The molecule has 0 bridgehead atoms. The van der Waals surface area contributed by atoms with Gasteiger partial charge in [0, 0.05) is 0 Å². The molecule has 0 aliphatic carbocycles. The minimum atomic E-state index is -0.528. The summed E-state index contributed by atoms with van der Waals surface area (Å²) in [6.07, 6.45) is 1.37. The number of hydrogen-bond donors (Lipinski definition) is 2. The predicted molar refractivity (Wildman–Crippen MR) is 84.2 cm³/mol. The summed E-state index contributed by atoms with van der Waals surface area (Å²) in [7, 11) is 1.30. The number of nitrogens with one attached hydrogen (secondary N) is 1. The van der Waals surface area contributed by atoms with Crippen LogP contribution in [0.1, 0.15) is 35.0 Å². The molecule has 0 aromatic carbocycles. The molecule has 0 radical (unpaired) electrons. The Bertz CT molecular complexity index is 526. The Morgan fingerprint density at radius 2 is 2.20 bits per heavy atom. The molecule has 1 heterocycles. The zero-order chi connectivity index (χ0) is 15.3. The second-order valence-electron chi connectivity index (χ2n) is 4.35. The normalized spacial score (nSPS) is 11.8. The van der Waals surface area contributed by atoms with Crippen LogP contribution < -0.4 is 11.1 Å². The van der Waals surface area contributed by atoms with Crippen LogP contribution in [0.3, 0.4) is 0 Å². The molecule has 1 rings (SSSR count). The molecule has 1 unspecified atom stereocenters. The number of thiophene rings is 1. The zero-order valence-corrected chi connectivity index (χ0v) is 13.3. The molecule has 3 N–H and O–H groups in total. The van der Waals surface area contributed by atoms with E-state index >= 15 is 0 Å². The average Bonchev–Trinajstić information content (AvgIpc) is 2.76. The SMILES string of the molecule is CCCC(C(=O)Nc1c(C)csc1C(=O)OC)C(N)=S. The summed E-state index contributed by atoms with van der Waals surface area (Å²) in [6, 6.07) is 0. The lowest BCUT2D eigenvalue weighted by Gasteiger charge is -2.15. The average molecular weight is 314 g/mol. The fourth-order valence-corrected chi connectivity index (χ4v) is 2.89. The minimum absolute atomic E-state index is 0.164. The van der Waals surface area contributed by atoms with E-state index < -0.39 is 11.9 Å². The molecular weight excluding hydrogens is 296 g/mol. The summed E-state index contributed by atoms with van der Waals surface area (Å²) >= 11 is 6.15. The van der Waals surface area contributed by atoms with E-state index in [9.17, 15) is 9.59 Å². The van der Waals surface area contributed by atoms with Gasteiger partial charge in [0.15, 0.2) is 0 Å². The first-order valence-electron chi connectivity index (χ1n) is 6.18. The van der Waals surface area contributed by atoms with Gasteiger partial charge in [0.05, 0.1) is 23.7 Å². The number of aryl methyl sites for hydroxylation is 1. The number of methoxy groups -OCH3 is 1. The van der Waals surface area contributed by atoms with Crippen LogP contribution in [0.4, 0.5) is 5.69 Å². The van der Waals surface area contributed by atoms with Gasteiger partial charge < -0.3 is 15.8 Å². The Balaban J connectivity index is 2.97. The summed E-state index contributed by atoms with van der Waals surface area (Å²) in [5.41, 5.74) is 6.88. The largest absolute Gasteiger partial charge is 0.465 e. The first-order valence-corrected chi connectivity index (χ1v) is 7.47. The van der Waals surface area contributed by atoms with Gasteiger partial charge in [-0.2, -0.15) is 0 Å². The Hall–Kier alpha value is -1.47. The highest BCUT2D eigenvalue weighted by molar-refractivity contribution is 7.80. The Kier molecular flexibility index (Phi) is 6.09. The number of thiocarbonyl (C=S) groups is 1. The molecule has 7 heteroatoms. The molecule has 0 aliphatic heterocycles. The number of rotatable bonds is 6. The Morgan fingerprint density at radius 3 is 2.70 bits per heavy atom. The summed E-state index contributed by atoms with van der Waals surface area (Å²) in [4.78, 5) is 24.4. The van der Waals surface area contributed by atoms with Crippen molar-refractivity contribution >= 4 is 46.1 Å². The van der Waals surface area contributed by atoms with Crippen LogP contribution in [0.25, 0.3) is 0 Å². The number of hydrogen-bond acceptors (Lipinski definition) is 5. The van der Waals surface area contributed by atoms with Crippen LogP contribution in [-0.4, -0.2) is 24.0 Å². The van der Waals surface area contributed by atoms with Gasteiger partial charge in [-0.1, -0.05) is 25.6 Å². The van der Waals surface area contributed by atoms with Crippen molar-refractivity contribution in [3.8, 4) is 0 Å². The van der Waals surface area contributed by atoms with E-state index in [0.29, 0.717) is 17.0 Å². The molecule has 110 valence electrons. The summed E-state index contributed by atoms with van der Waals surface area (Å²) in [5.74, 6) is -1.29. The van der Waals surface area contributed by atoms with Crippen LogP contribution in [-0.2, 0) is 9.53 Å². The highest BCUT2D eigenvalue weighted by Crippen LogP contribution is 2.29. The van der Waals surface area contributed by atoms with Gasteiger partial charge in [-0.3, -0.25) is 4.79 Å². The molecule has 5 nitrogen and oxygen atoms in total. The van der Waals surface area contributed by atoms with Gasteiger partial charge in [0.2, 0.25) is 5.91 Å². The lowest BCUT2D eigenvalue weighted by Crippen LogP contribution is -2.33. The standard InChI is InChI=1S/C13H18N2O3S2/c1-4-5-8(11(14)19)12(16)15-9-7(2)6-20-10(9)13(17)18-3/h6,8H,4-5H2,1-3H3,(H2,14,19)(H,15,16). The van der Waals surface area contributed by atoms with Crippen molar-refractivity contribution in [1.82, 2.24) is 0 Å². The maximum atomic E-state index is 12.2. The van der Waals surface area contributed by atoms with Gasteiger partial charge >= 0.3 is 5.97 Å². The number of amides is 1. The molecule has 20 heavy (non-hydrogen) atoms. The second-order valence-corrected chi connectivity index (χ2v) is 5.70. The molecule has 1 aromatic rings. The molecule has 0 spiro atoms. The number of nitrogens with two attached hydrogens (primary N) is 1. The maximum Gasteiger partial charge on any atom is 0.350 e. The number of carbonyl (C=O) groups excluding carboxylic acids is 2. The quantitative estimate of drug-likeness (QED) is 0.623. The predicted octanol–water partition coefficient (Wildman–Crippen LogP) is 2.48. The van der Waals surface area contributed by atoms with E-state index in [4.69, 9.17) is 22.7 Å². The monoisotopic (exact) mass is 314 g/mol. The van der Waals surface area contributed by atoms with Crippen molar-refractivity contribution in [3.05, 3.63) is 15.8 Å². The van der Waals surface area contributed by atoms with E-state index in [2.05, 4.69) is 5.32 Å². The van der Waals surface area contributed by atoms with E-state index in [1.807, 2.05) is 13.8 Å². The van der Waals surface area contributed by atoms with Gasteiger partial charge in [0.25, 0.3) is 0 Å². The first kappa shape index (κ1) is 16.6. The summed E-state index contributed by atoms with van der Waals surface area (Å²) in [5, 5.41) is 4.53. The second kappa shape index (κ2) is 7.35. The van der Waals surface area contributed by atoms with Crippen molar-refractivity contribution in [2.24, 2.45) is 11.7 Å². The third-order valence-corrected chi connectivity index (χ3v) is 4.19. The van der Waals surface area contributed by atoms with Crippen molar-refractivity contribution in [1.29, 1.82) is 0 Å². The van der Waals surface area contributed by atoms with E-state index in [1.54, 1.807) is 5.38 Å². The number of carbonyl (C=O) groups is 2. The van der Waals surface area contributed by atoms with Gasteiger partial charge in [-0.25, -0.2) is 4.79 Å². The molecule has 0 saturated carbocycles. The fraction of sp³-hybridized carbons (Fsp3) is 0.462. The van der Waals surface area contributed by atoms with E-state index in [0.717, 1.165) is 12.0 Å². The summed E-state index contributed by atoms with van der Waals surface area (Å²) in [6.45, 7) is 3.77. The highest BCUT2D eigenvalue weighted by Gasteiger charge is 2.24. The number of ether oxygens (including phenoxy) is 1. The van der Waals surface area contributed by atoms with Crippen molar-refractivity contribution in [2.45, 2.75) is 26.7 Å². The van der Waals surface area contributed by atoms with Gasteiger partial charge in [-0.15, -0.1) is 11.3 Å². The molecule has 0 saturated heterocycles. The molecule has 0 aliphatic rings. The minimum Gasteiger partial charge on any atom is -0.465 e. The van der Waals surface area contributed by atoms with E-state index in [-0.39, 0.29) is 10.9 Å². The maximum absolute atomic E-state index is 12.2.